The molecule has 2 aromatic carbocycles. The van der Waals surface area contributed by atoms with Crippen LogP contribution in [-0.4, -0.2) is 15.9 Å². The first-order valence-corrected chi connectivity index (χ1v) is 9.87. The van der Waals surface area contributed by atoms with Crippen molar-refractivity contribution in [1.82, 2.24) is 9.38 Å². The lowest BCUT2D eigenvalue weighted by atomic mass is 10.3. The van der Waals surface area contributed by atoms with Crippen molar-refractivity contribution in [3.05, 3.63) is 62.4 Å². The number of aromatic nitrogens is 2. The average molecular weight is 386 g/mol. The number of rotatable bonds is 1. The van der Waals surface area contributed by atoms with Crippen molar-refractivity contribution in [1.29, 1.82) is 0 Å². The molecule has 3 heterocycles. The summed E-state index contributed by atoms with van der Waals surface area (Å²) in [6.07, 6.45) is 0. The van der Waals surface area contributed by atoms with Crippen LogP contribution in [-0.2, 0) is 0 Å². The van der Waals surface area contributed by atoms with Gasteiger partial charge in [-0.3, -0.25) is 4.79 Å². The molecule has 4 nitrogen and oxygen atoms in total. The predicted octanol–water partition coefficient (Wildman–Crippen LogP) is 3.98. The second-order valence-corrected chi connectivity index (χ2v) is 8.16. The molecule has 2 aromatic heterocycles. The van der Waals surface area contributed by atoms with Gasteiger partial charge in [0.15, 0.2) is 4.96 Å². The highest BCUT2D eigenvalue weighted by Crippen LogP contribution is 2.47. The topological polar surface area (TPSA) is 37.6 Å². The first-order valence-electron chi connectivity index (χ1n) is 7.86. The predicted molar refractivity (Wildman–Crippen MR) is 106 cm³/mol. The normalized spacial score (nSPS) is 16.2. The fraction of sp³-hybridized carbons (Fsp3) is 0.111. The van der Waals surface area contributed by atoms with E-state index in [4.69, 9.17) is 11.6 Å². The van der Waals surface area contributed by atoms with Gasteiger partial charge < -0.3 is 4.90 Å². The number of halogens is 1. The zero-order valence-corrected chi connectivity index (χ0v) is 15.6. The van der Waals surface area contributed by atoms with Gasteiger partial charge >= 0.3 is 0 Å². The van der Waals surface area contributed by atoms with Crippen molar-refractivity contribution in [3.63, 3.8) is 0 Å². The van der Waals surface area contributed by atoms with Gasteiger partial charge in [-0.2, -0.15) is 0 Å². The van der Waals surface area contributed by atoms with Crippen LogP contribution in [0.5, 0.6) is 0 Å². The van der Waals surface area contributed by atoms with Crippen LogP contribution in [0.4, 0.5) is 5.69 Å². The van der Waals surface area contributed by atoms with Crippen LogP contribution < -0.4 is 15.0 Å². The number of thioether (sulfide) groups is 1. The summed E-state index contributed by atoms with van der Waals surface area (Å²) in [7, 11) is 0. The Hall–Kier alpha value is -2.02. The molecule has 25 heavy (non-hydrogen) atoms. The Morgan fingerprint density at radius 1 is 1.20 bits per heavy atom. The summed E-state index contributed by atoms with van der Waals surface area (Å²) in [5.41, 5.74) is 2.76. The zero-order valence-electron chi connectivity index (χ0n) is 13.2. The summed E-state index contributed by atoms with van der Waals surface area (Å²) in [5, 5.41) is 1.66. The van der Waals surface area contributed by atoms with Crippen LogP contribution in [0.2, 0.25) is 5.02 Å². The summed E-state index contributed by atoms with van der Waals surface area (Å²) in [4.78, 5) is 21.7. The lowest BCUT2D eigenvalue weighted by Crippen LogP contribution is -2.30. The van der Waals surface area contributed by atoms with E-state index in [9.17, 15) is 4.79 Å². The minimum atomic E-state index is -0.00597. The van der Waals surface area contributed by atoms with E-state index >= 15 is 0 Å². The van der Waals surface area contributed by atoms with Crippen molar-refractivity contribution in [2.24, 2.45) is 0 Å². The van der Waals surface area contributed by atoms with Crippen molar-refractivity contribution in [2.45, 2.75) is 11.8 Å². The smallest absolute Gasteiger partial charge is 0.277 e. The Bertz CT molecular complexity index is 1260. The van der Waals surface area contributed by atoms with Crippen LogP contribution in [0.25, 0.3) is 21.0 Å². The summed E-state index contributed by atoms with van der Waals surface area (Å²) < 4.78 is 2.44. The molecule has 4 aromatic rings. The Morgan fingerprint density at radius 2 is 2.04 bits per heavy atom. The first-order chi connectivity index (χ1) is 12.2. The monoisotopic (exact) mass is 385 g/mol. The van der Waals surface area contributed by atoms with E-state index in [0.717, 1.165) is 42.7 Å². The van der Waals surface area contributed by atoms with Gasteiger partial charge in [0.1, 0.15) is 9.56 Å². The molecule has 0 radical (unpaired) electrons. The third-order valence-corrected chi connectivity index (χ3v) is 6.87. The van der Waals surface area contributed by atoms with E-state index in [1.165, 1.54) is 11.3 Å². The zero-order chi connectivity index (χ0) is 17.1. The molecule has 7 heteroatoms. The molecular formula is C18H12ClN3OS2. The summed E-state index contributed by atoms with van der Waals surface area (Å²) in [6.45, 7) is 2.85. The molecule has 0 bridgehead atoms. The number of hydrogen-bond acceptors (Lipinski definition) is 5. The second kappa shape index (κ2) is 5.49. The maximum absolute atomic E-state index is 13.1. The van der Waals surface area contributed by atoms with Gasteiger partial charge in [-0.25, -0.2) is 9.38 Å². The maximum atomic E-state index is 13.1. The fourth-order valence-electron chi connectivity index (χ4n) is 3.18. The van der Waals surface area contributed by atoms with Crippen molar-refractivity contribution in [3.8, 4) is 0 Å². The Labute approximate surface area is 156 Å². The highest BCUT2D eigenvalue weighted by molar-refractivity contribution is 8.08. The molecule has 0 saturated heterocycles. The van der Waals surface area contributed by atoms with Gasteiger partial charge in [-0.15, -0.1) is 0 Å². The first kappa shape index (κ1) is 15.3. The van der Waals surface area contributed by atoms with Crippen molar-refractivity contribution < 1.29 is 0 Å². The summed E-state index contributed by atoms with van der Waals surface area (Å²) in [5.74, 6) is 0. The quantitative estimate of drug-likeness (QED) is 0.496. The second-order valence-electron chi connectivity index (χ2n) is 5.72. The third kappa shape index (κ3) is 2.14. The van der Waals surface area contributed by atoms with E-state index in [2.05, 4.69) is 16.8 Å². The third-order valence-electron chi connectivity index (χ3n) is 4.29. The lowest BCUT2D eigenvalue weighted by Gasteiger charge is -2.17. The lowest BCUT2D eigenvalue weighted by molar-refractivity contribution is 1.04. The number of thiazole rings is 1. The highest BCUT2D eigenvalue weighted by Gasteiger charge is 2.27. The molecule has 0 spiro atoms. The van der Waals surface area contributed by atoms with Crippen molar-refractivity contribution in [2.75, 3.05) is 11.4 Å². The van der Waals surface area contributed by atoms with E-state index in [0.29, 0.717) is 5.02 Å². The van der Waals surface area contributed by atoms with Gasteiger partial charge in [0.2, 0.25) is 0 Å². The van der Waals surface area contributed by atoms with Crippen LogP contribution in [0.1, 0.15) is 6.92 Å². The molecule has 0 aliphatic carbocycles. The maximum Gasteiger partial charge on any atom is 0.277 e. The molecular weight excluding hydrogens is 374 g/mol. The number of imidazole rings is 1. The van der Waals surface area contributed by atoms with Gasteiger partial charge in [0, 0.05) is 16.5 Å². The molecule has 0 N–H and O–H groups in total. The minimum Gasteiger partial charge on any atom is -0.334 e. The number of fused-ring (bicyclic) bond motifs is 4. The van der Waals surface area contributed by atoms with E-state index < -0.39 is 0 Å². The van der Waals surface area contributed by atoms with E-state index in [-0.39, 0.29) is 5.56 Å². The molecule has 0 atom stereocenters. The van der Waals surface area contributed by atoms with E-state index in [1.54, 1.807) is 16.2 Å². The molecule has 0 fully saturated rings. The Kier molecular flexibility index (Phi) is 3.35. The number of nitrogens with zero attached hydrogens (tertiary/aromatic N) is 3. The number of hydrogen-bond donors (Lipinski definition) is 0. The summed E-state index contributed by atoms with van der Waals surface area (Å²) >= 11 is 9.23. The number of para-hydroxylation sites is 2. The summed E-state index contributed by atoms with van der Waals surface area (Å²) in [6, 6.07) is 13.6. The molecule has 0 amide bonds. The van der Waals surface area contributed by atoms with Gasteiger partial charge in [-0.1, -0.05) is 46.8 Å². The van der Waals surface area contributed by atoms with Crippen LogP contribution >= 0.6 is 34.7 Å². The SMILES string of the molecule is CCN1/C(=c2/sc3nc4ccccc4n3c2=O)Sc2ccc(Cl)cc21. The number of benzene rings is 2. The van der Waals surface area contributed by atoms with Crippen molar-refractivity contribution >= 4 is 61.4 Å². The molecule has 5 rings (SSSR count). The van der Waals surface area contributed by atoms with Crippen LogP contribution in [0, 0.1) is 0 Å². The highest BCUT2D eigenvalue weighted by atomic mass is 35.5. The molecule has 1 aliphatic heterocycles. The average Bonchev–Trinajstić information content (AvgIpc) is 3.24. The molecule has 1 aliphatic rings. The Balaban J connectivity index is 1.83. The van der Waals surface area contributed by atoms with Gasteiger partial charge in [-0.05, 0) is 37.3 Å². The van der Waals surface area contributed by atoms with Gasteiger partial charge in [0.05, 0.1) is 16.7 Å². The standard InChI is InChI=1S/C18H12ClN3OS2/c1-2-21-13-9-10(19)7-8-14(13)24-17(21)15-16(23)22-12-6-4-3-5-11(12)20-18(22)25-15/h3-9H,2H2,1H3/b17-15-. The molecule has 124 valence electrons. The fourth-order valence-corrected chi connectivity index (χ4v) is 5.71. The van der Waals surface area contributed by atoms with Gasteiger partial charge in [0.25, 0.3) is 5.56 Å². The molecule has 0 saturated carbocycles. The van der Waals surface area contributed by atoms with Crippen LogP contribution in [0.15, 0.2) is 52.2 Å². The number of anilines is 1. The largest absolute Gasteiger partial charge is 0.334 e. The minimum absolute atomic E-state index is 0.00597. The van der Waals surface area contributed by atoms with E-state index in [1.807, 2.05) is 42.5 Å². The van der Waals surface area contributed by atoms with Crippen LogP contribution in [0.3, 0.4) is 0 Å². The molecule has 0 unspecified atom stereocenters. The Morgan fingerprint density at radius 3 is 2.88 bits per heavy atom.